The van der Waals surface area contributed by atoms with Crippen molar-refractivity contribution in [2.24, 2.45) is 5.92 Å². The fourth-order valence-corrected chi connectivity index (χ4v) is 3.09. The highest BCUT2D eigenvalue weighted by molar-refractivity contribution is 7.98. The van der Waals surface area contributed by atoms with Gasteiger partial charge in [-0.15, -0.1) is 0 Å². The van der Waals surface area contributed by atoms with Crippen molar-refractivity contribution in [1.82, 2.24) is 5.32 Å². The molecule has 0 radical (unpaired) electrons. The van der Waals surface area contributed by atoms with Crippen molar-refractivity contribution in [3.05, 3.63) is 0 Å². The minimum Gasteiger partial charge on any atom is -0.389 e. The van der Waals surface area contributed by atoms with Crippen molar-refractivity contribution in [2.75, 3.05) is 31.7 Å². The van der Waals surface area contributed by atoms with Crippen LogP contribution >= 0.6 is 11.8 Å². The number of aliphatic hydroxyl groups excluding tert-OH is 1. The lowest BCUT2D eigenvalue weighted by Crippen LogP contribution is -2.33. The highest BCUT2D eigenvalue weighted by Gasteiger charge is 2.20. The molecule has 1 aliphatic carbocycles. The summed E-state index contributed by atoms with van der Waals surface area (Å²) in [5.41, 5.74) is 0. The summed E-state index contributed by atoms with van der Waals surface area (Å²) in [6, 6.07) is 0. The van der Waals surface area contributed by atoms with E-state index in [0.717, 1.165) is 18.9 Å². The average Bonchev–Trinajstić information content (AvgIpc) is 2.40. The van der Waals surface area contributed by atoms with Gasteiger partial charge in [-0.3, -0.25) is 0 Å². The number of aliphatic hydroxyl groups is 1. The van der Waals surface area contributed by atoms with E-state index in [9.17, 15) is 5.11 Å². The molecule has 0 amide bonds. The third-order valence-electron chi connectivity index (χ3n) is 3.74. The molecule has 2 N–H and O–H groups in total. The Labute approximate surface area is 122 Å². The second-order valence-corrected chi connectivity index (χ2v) is 6.77. The van der Waals surface area contributed by atoms with Gasteiger partial charge in [0.25, 0.3) is 0 Å². The van der Waals surface area contributed by atoms with E-state index in [-0.39, 0.29) is 6.10 Å². The molecule has 0 aliphatic heterocycles. The highest BCUT2D eigenvalue weighted by atomic mass is 32.2. The van der Waals surface area contributed by atoms with Crippen LogP contribution < -0.4 is 5.32 Å². The fraction of sp³-hybridized carbons (Fsp3) is 1.00. The van der Waals surface area contributed by atoms with Gasteiger partial charge in [0.15, 0.2) is 0 Å². The zero-order chi connectivity index (χ0) is 13.9. The van der Waals surface area contributed by atoms with Gasteiger partial charge in [0, 0.05) is 6.54 Å². The predicted octanol–water partition coefficient (Wildman–Crippen LogP) is 2.68. The van der Waals surface area contributed by atoms with Crippen LogP contribution in [0.3, 0.4) is 0 Å². The minimum absolute atomic E-state index is 0.363. The molecular formula is C15H31NO2S. The van der Waals surface area contributed by atoms with E-state index in [1.54, 1.807) is 0 Å². The van der Waals surface area contributed by atoms with Crippen molar-refractivity contribution in [1.29, 1.82) is 0 Å². The average molecular weight is 289 g/mol. The zero-order valence-corrected chi connectivity index (χ0v) is 13.4. The van der Waals surface area contributed by atoms with Crippen LogP contribution in [0, 0.1) is 5.92 Å². The van der Waals surface area contributed by atoms with Gasteiger partial charge in [-0.05, 0) is 50.2 Å². The molecule has 1 saturated carbocycles. The standard InChI is InChI=1S/C15H31NO2S/c1-13-6-5-7-15(10-13)18-12-14(17)11-16-8-3-4-9-19-2/h13-17H,3-12H2,1-2H3. The van der Waals surface area contributed by atoms with Gasteiger partial charge < -0.3 is 15.2 Å². The first kappa shape index (κ1) is 17.3. The number of nitrogens with one attached hydrogen (secondary N) is 1. The SMILES string of the molecule is CSCCCCNCC(O)COC1CCCC(C)C1. The molecule has 1 rings (SSSR count). The van der Waals surface area contributed by atoms with Crippen LogP contribution in [0.25, 0.3) is 0 Å². The van der Waals surface area contributed by atoms with E-state index in [4.69, 9.17) is 4.74 Å². The molecule has 0 spiro atoms. The van der Waals surface area contributed by atoms with Crippen molar-refractivity contribution in [3.63, 3.8) is 0 Å². The van der Waals surface area contributed by atoms with Gasteiger partial charge in [0.1, 0.15) is 0 Å². The van der Waals surface area contributed by atoms with Crippen molar-refractivity contribution in [2.45, 2.75) is 57.7 Å². The van der Waals surface area contributed by atoms with E-state index in [2.05, 4.69) is 18.5 Å². The first-order chi connectivity index (χ1) is 9.22. The Morgan fingerprint density at radius 2 is 2.21 bits per heavy atom. The van der Waals surface area contributed by atoms with Gasteiger partial charge in [0.05, 0.1) is 18.8 Å². The molecule has 1 aliphatic rings. The van der Waals surface area contributed by atoms with Gasteiger partial charge in [0.2, 0.25) is 0 Å². The van der Waals surface area contributed by atoms with Crippen molar-refractivity contribution in [3.8, 4) is 0 Å². The lowest BCUT2D eigenvalue weighted by atomic mass is 9.89. The fourth-order valence-electron chi connectivity index (χ4n) is 2.60. The van der Waals surface area contributed by atoms with Crippen LogP contribution in [0.1, 0.15) is 45.4 Å². The Kier molecular flexibility index (Phi) is 9.96. The van der Waals surface area contributed by atoms with Crippen molar-refractivity contribution < 1.29 is 9.84 Å². The van der Waals surface area contributed by atoms with Crippen LogP contribution in [0.2, 0.25) is 0 Å². The molecule has 0 saturated heterocycles. The molecule has 4 heteroatoms. The predicted molar refractivity (Wildman–Crippen MR) is 83.9 cm³/mol. The summed E-state index contributed by atoms with van der Waals surface area (Å²) in [5.74, 6) is 2.01. The number of unbranched alkanes of at least 4 members (excludes halogenated alkanes) is 1. The topological polar surface area (TPSA) is 41.5 Å². The monoisotopic (exact) mass is 289 g/mol. The summed E-state index contributed by atoms with van der Waals surface area (Å²) in [6.07, 6.45) is 9.53. The molecule has 0 bridgehead atoms. The van der Waals surface area contributed by atoms with Gasteiger partial charge in [-0.25, -0.2) is 0 Å². The second kappa shape index (κ2) is 11.0. The van der Waals surface area contributed by atoms with E-state index >= 15 is 0 Å². The molecule has 0 aromatic heterocycles. The summed E-state index contributed by atoms with van der Waals surface area (Å²) < 4.78 is 5.82. The van der Waals surface area contributed by atoms with Crippen LogP contribution in [-0.2, 0) is 4.74 Å². The number of hydrogen-bond donors (Lipinski definition) is 2. The van der Waals surface area contributed by atoms with Crippen molar-refractivity contribution >= 4 is 11.8 Å². The maximum Gasteiger partial charge on any atom is 0.0897 e. The van der Waals surface area contributed by atoms with E-state index in [1.807, 2.05) is 11.8 Å². The quantitative estimate of drug-likeness (QED) is 0.607. The normalized spacial score (nSPS) is 25.4. The maximum absolute atomic E-state index is 9.86. The summed E-state index contributed by atoms with van der Waals surface area (Å²) in [4.78, 5) is 0. The van der Waals surface area contributed by atoms with Gasteiger partial charge in [-0.1, -0.05) is 19.8 Å². The van der Waals surface area contributed by atoms with Gasteiger partial charge in [-0.2, -0.15) is 11.8 Å². The van der Waals surface area contributed by atoms with Crippen LogP contribution in [-0.4, -0.2) is 49.0 Å². The third-order valence-corrected chi connectivity index (χ3v) is 4.44. The Hall–Kier alpha value is 0.230. The number of hydrogen-bond acceptors (Lipinski definition) is 4. The van der Waals surface area contributed by atoms with Crippen LogP contribution in [0.5, 0.6) is 0 Å². The molecule has 3 nitrogen and oxygen atoms in total. The molecule has 0 aromatic rings. The van der Waals surface area contributed by atoms with E-state index in [1.165, 1.54) is 37.9 Å². The molecule has 0 heterocycles. The molecule has 1 fully saturated rings. The molecule has 3 atom stereocenters. The largest absolute Gasteiger partial charge is 0.389 e. The van der Waals surface area contributed by atoms with Crippen LogP contribution in [0.4, 0.5) is 0 Å². The summed E-state index contributed by atoms with van der Waals surface area (Å²) in [7, 11) is 0. The molecule has 19 heavy (non-hydrogen) atoms. The number of rotatable bonds is 10. The lowest BCUT2D eigenvalue weighted by Gasteiger charge is -2.27. The first-order valence-corrected chi connectivity index (χ1v) is 9.11. The summed E-state index contributed by atoms with van der Waals surface area (Å²) >= 11 is 1.89. The molecule has 0 aromatic carbocycles. The Balaban J connectivity index is 1.94. The maximum atomic E-state index is 9.86. The lowest BCUT2D eigenvalue weighted by molar-refractivity contribution is -0.0305. The number of thioether (sulfide) groups is 1. The zero-order valence-electron chi connectivity index (χ0n) is 12.6. The van der Waals surface area contributed by atoms with E-state index < -0.39 is 0 Å². The highest BCUT2D eigenvalue weighted by Crippen LogP contribution is 2.25. The molecular weight excluding hydrogens is 258 g/mol. The minimum atomic E-state index is -0.363. The second-order valence-electron chi connectivity index (χ2n) is 5.78. The first-order valence-electron chi connectivity index (χ1n) is 7.71. The Morgan fingerprint density at radius 3 is 2.95 bits per heavy atom. The Morgan fingerprint density at radius 1 is 1.37 bits per heavy atom. The smallest absolute Gasteiger partial charge is 0.0897 e. The third kappa shape index (κ3) is 8.90. The summed E-state index contributed by atoms with van der Waals surface area (Å²) in [5, 5.41) is 13.2. The molecule has 114 valence electrons. The van der Waals surface area contributed by atoms with Gasteiger partial charge >= 0.3 is 0 Å². The van der Waals surface area contributed by atoms with E-state index in [0.29, 0.717) is 19.3 Å². The molecule has 3 unspecified atom stereocenters. The Bertz CT molecular complexity index is 216. The van der Waals surface area contributed by atoms with Crippen LogP contribution in [0.15, 0.2) is 0 Å². The summed E-state index contributed by atoms with van der Waals surface area (Å²) in [6.45, 7) is 4.43. The number of ether oxygens (including phenoxy) is 1.